The SMILES string of the molecule is CCSc1ccc(CN(C)CCS)cc1. The molecule has 0 N–H and O–H groups in total. The van der Waals surface area contributed by atoms with E-state index in [1.807, 2.05) is 11.8 Å². The van der Waals surface area contributed by atoms with Gasteiger partial charge in [0.05, 0.1) is 0 Å². The van der Waals surface area contributed by atoms with Crippen molar-refractivity contribution in [2.45, 2.75) is 18.4 Å². The fraction of sp³-hybridized carbons (Fsp3) is 0.500. The highest BCUT2D eigenvalue weighted by molar-refractivity contribution is 7.99. The molecule has 1 aromatic rings. The van der Waals surface area contributed by atoms with Crippen LogP contribution in [0.2, 0.25) is 0 Å². The van der Waals surface area contributed by atoms with Crippen molar-refractivity contribution in [3.63, 3.8) is 0 Å². The first kappa shape index (κ1) is 12.9. The third-order valence-electron chi connectivity index (χ3n) is 2.17. The van der Waals surface area contributed by atoms with Gasteiger partial charge in [0, 0.05) is 23.7 Å². The first-order valence-electron chi connectivity index (χ1n) is 5.27. The lowest BCUT2D eigenvalue weighted by atomic mass is 10.2. The maximum absolute atomic E-state index is 4.23. The van der Waals surface area contributed by atoms with Crippen LogP contribution >= 0.6 is 24.4 Å². The third kappa shape index (κ3) is 4.96. The highest BCUT2D eigenvalue weighted by Gasteiger charge is 1.99. The summed E-state index contributed by atoms with van der Waals surface area (Å²) in [6.07, 6.45) is 0. The molecule has 0 fully saturated rings. The minimum atomic E-state index is 0.917. The van der Waals surface area contributed by atoms with Crippen molar-refractivity contribution in [3.8, 4) is 0 Å². The lowest BCUT2D eigenvalue weighted by molar-refractivity contribution is 0.349. The Labute approximate surface area is 103 Å². The van der Waals surface area contributed by atoms with Gasteiger partial charge >= 0.3 is 0 Å². The average Bonchev–Trinajstić information content (AvgIpc) is 2.22. The molecule has 0 aromatic heterocycles. The minimum absolute atomic E-state index is 0.917. The molecular formula is C12H19NS2. The predicted molar refractivity (Wildman–Crippen MR) is 73.0 cm³/mol. The Kier molecular flexibility index (Phi) is 6.22. The molecule has 1 nitrogen and oxygen atoms in total. The van der Waals surface area contributed by atoms with Crippen LogP contribution in [0, 0.1) is 0 Å². The summed E-state index contributed by atoms with van der Waals surface area (Å²) >= 11 is 6.11. The van der Waals surface area contributed by atoms with E-state index in [0.717, 1.165) is 24.6 Å². The monoisotopic (exact) mass is 241 g/mol. The normalized spacial score (nSPS) is 10.9. The van der Waals surface area contributed by atoms with E-state index in [1.54, 1.807) is 0 Å². The van der Waals surface area contributed by atoms with Gasteiger partial charge in [-0.05, 0) is 30.5 Å². The van der Waals surface area contributed by atoms with Crippen molar-refractivity contribution in [1.29, 1.82) is 0 Å². The molecule has 0 aliphatic rings. The number of thioether (sulfide) groups is 1. The number of rotatable bonds is 6. The third-order valence-corrected chi connectivity index (χ3v) is 3.26. The Bertz CT molecular complexity index is 271. The first-order chi connectivity index (χ1) is 7.26. The highest BCUT2D eigenvalue weighted by Crippen LogP contribution is 2.18. The second-order valence-electron chi connectivity index (χ2n) is 3.54. The molecule has 0 bridgehead atoms. The molecule has 0 amide bonds. The van der Waals surface area contributed by atoms with Crippen LogP contribution in [0.3, 0.4) is 0 Å². The first-order valence-corrected chi connectivity index (χ1v) is 6.89. The summed E-state index contributed by atoms with van der Waals surface area (Å²) in [5.41, 5.74) is 1.37. The van der Waals surface area contributed by atoms with Crippen molar-refractivity contribution in [2.24, 2.45) is 0 Å². The summed E-state index contributed by atoms with van der Waals surface area (Å²) in [7, 11) is 2.13. The van der Waals surface area contributed by atoms with Gasteiger partial charge in [0.25, 0.3) is 0 Å². The van der Waals surface area contributed by atoms with E-state index in [-0.39, 0.29) is 0 Å². The van der Waals surface area contributed by atoms with Gasteiger partial charge < -0.3 is 4.90 Å². The molecule has 0 atom stereocenters. The molecule has 84 valence electrons. The Morgan fingerprint density at radius 2 is 1.93 bits per heavy atom. The largest absolute Gasteiger partial charge is 0.301 e. The standard InChI is InChI=1S/C12H19NS2/c1-3-15-12-6-4-11(5-7-12)10-13(2)8-9-14/h4-7,14H,3,8-10H2,1-2H3. The van der Waals surface area contributed by atoms with E-state index >= 15 is 0 Å². The Morgan fingerprint density at radius 1 is 1.27 bits per heavy atom. The van der Waals surface area contributed by atoms with Gasteiger partial charge in [-0.15, -0.1) is 11.8 Å². The van der Waals surface area contributed by atoms with Gasteiger partial charge in [-0.2, -0.15) is 12.6 Å². The Morgan fingerprint density at radius 3 is 2.47 bits per heavy atom. The van der Waals surface area contributed by atoms with E-state index in [1.165, 1.54) is 10.5 Å². The van der Waals surface area contributed by atoms with Crippen LogP contribution in [0.1, 0.15) is 12.5 Å². The predicted octanol–water partition coefficient (Wildman–Crippen LogP) is 3.16. The van der Waals surface area contributed by atoms with Crippen LogP contribution in [0.15, 0.2) is 29.2 Å². The Hall–Kier alpha value is -0.120. The summed E-state index contributed by atoms with van der Waals surface area (Å²) in [4.78, 5) is 3.65. The van der Waals surface area contributed by atoms with Crippen LogP contribution in [-0.4, -0.2) is 30.0 Å². The van der Waals surface area contributed by atoms with Crippen LogP contribution in [0.5, 0.6) is 0 Å². The van der Waals surface area contributed by atoms with Gasteiger partial charge in [-0.3, -0.25) is 0 Å². The molecule has 0 heterocycles. The second kappa shape index (κ2) is 7.20. The average molecular weight is 241 g/mol. The topological polar surface area (TPSA) is 3.24 Å². The lowest BCUT2D eigenvalue weighted by Gasteiger charge is -2.15. The van der Waals surface area contributed by atoms with Gasteiger partial charge in [0.2, 0.25) is 0 Å². The lowest BCUT2D eigenvalue weighted by Crippen LogP contribution is -2.19. The molecule has 0 aliphatic carbocycles. The van der Waals surface area contributed by atoms with E-state index in [4.69, 9.17) is 0 Å². The van der Waals surface area contributed by atoms with Gasteiger partial charge in [0.15, 0.2) is 0 Å². The molecule has 0 saturated heterocycles. The van der Waals surface area contributed by atoms with Crippen LogP contribution in [0.4, 0.5) is 0 Å². The maximum Gasteiger partial charge on any atom is 0.0231 e. The quantitative estimate of drug-likeness (QED) is 0.602. The molecule has 15 heavy (non-hydrogen) atoms. The summed E-state index contributed by atoms with van der Waals surface area (Å²) in [5.74, 6) is 2.05. The number of benzene rings is 1. The number of thiol groups is 1. The van der Waals surface area contributed by atoms with E-state index in [0.29, 0.717) is 0 Å². The molecule has 0 unspecified atom stereocenters. The Balaban J connectivity index is 2.48. The fourth-order valence-corrected chi connectivity index (χ4v) is 2.42. The summed E-state index contributed by atoms with van der Waals surface area (Å²) in [5, 5.41) is 0. The highest BCUT2D eigenvalue weighted by atomic mass is 32.2. The van der Waals surface area contributed by atoms with Gasteiger partial charge in [-0.25, -0.2) is 0 Å². The zero-order valence-corrected chi connectivity index (χ0v) is 11.2. The van der Waals surface area contributed by atoms with Gasteiger partial charge in [0.1, 0.15) is 0 Å². The van der Waals surface area contributed by atoms with E-state index < -0.39 is 0 Å². The molecule has 0 aliphatic heterocycles. The van der Waals surface area contributed by atoms with Crippen molar-refractivity contribution < 1.29 is 0 Å². The zero-order chi connectivity index (χ0) is 11.1. The fourth-order valence-electron chi connectivity index (χ4n) is 1.42. The summed E-state index contributed by atoms with van der Waals surface area (Å²) < 4.78 is 0. The van der Waals surface area contributed by atoms with Crippen molar-refractivity contribution in [3.05, 3.63) is 29.8 Å². The smallest absolute Gasteiger partial charge is 0.0231 e. The summed E-state index contributed by atoms with van der Waals surface area (Å²) in [6, 6.07) is 8.84. The second-order valence-corrected chi connectivity index (χ2v) is 5.32. The number of hydrogen-bond acceptors (Lipinski definition) is 3. The van der Waals surface area contributed by atoms with Crippen molar-refractivity contribution in [2.75, 3.05) is 25.1 Å². The number of nitrogens with zero attached hydrogens (tertiary/aromatic N) is 1. The van der Waals surface area contributed by atoms with Gasteiger partial charge in [-0.1, -0.05) is 19.1 Å². The van der Waals surface area contributed by atoms with Crippen LogP contribution in [-0.2, 0) is 6.54 Å². The molecule has 3 heteroatoms. The maximum atomic E-state index is 4.23. The zero-order valence-electron chi connectivity index (χ0n) is 9.44. The van der Waals surface area contributed by atoms with E-state index in [9.17, 15) is 0 Å². The molecule has 0 saturated carbocycles. The van der Waals surface area contributed by atoms with Crippen molar-refractivity contribution >= 4 is 24.4 Å². The molecule has 1 aromatic carbocycles. The van der Waals surface area contributed by atoms with E-state index in [2.05, 4.69) is 55.8 Å². The number of hydrogen-bond donors (Lipinski definition) is 1. The van der Waals surface area contributed by atoms with Crippen molar-refractivity contribution in [1.82, 2.24) is 4.90 Å². The summed E-state index contributed by atoms with van der Waals surface area (Å²) in [6.45, 7) is 4.23. The minimum Gasteiger partial charge on any atom is -0.301 e. The van der Waals surface area contributed by atoms with Crippen LogP contribution in [0.25, 0.3) is 0 Å². The van der Waals surface area contributed by atoms with Crippen LogP contribution < -0.4 is 0 Å². The molecular weight excluding hydrogens is 222 g/mol. The molecule has 1 rings (SSSR count). The molecule has 0 radical (unpaired) electrons. The molecule has 0 spiro atoms.